The summed E-state index contributed by atoms with van der Waals surface area (Å²) in [5, 5.41) is 8.58. The van der Waals surface area contributed by atoms with Crippen LogP contribution in [0.25, 0.3) is 0 Å². The first kappa shape index (κ1) is 8.44. The molecule has 1 aromatic heterocycles. The molecule has 0 aliphatic carbocycles. The number of H-pyrrole nitrogens is 1. The van der Waals surface area contributed by atoms with Gasteiger partial charge in [-0.2, -0.15) is 0 Å². The molecule has 48 valence electrons. The van der Waals surface area contributed by atoms with Crippen molar-refractivity contribution in [3.63, 3.8) is 0 Å². The summed E-state index contributed by atoms with van der Waals surface area (Å²) >= 11 is 0. The van der Waals surface area contributed by atoms with Crippen LogP contribution in [0, 0.1) is 0 Å². The summed E-state index contributed by atoms with van der Waals surface area (Å²) in [5.41, 5.74) is -0.451. The van der Waals surface area contributed by atoms with Crippen molar-refractivity contribution in [1.82, 2.24) is 4.98 Å². The number of aromatic amines is 1. The summed E-state index contributed by atoms with van der Waals surface area (Å²) in [5.74, 6) is -0.243. The van der Waals surface area contributed by atoms with Crippen LogP contribution in [0.15, 0.2) is 23.1 Å². The van der Waals surface area contributed by atoms with Crippen LogP contribution in [0.2, 0.25) is 0 Å². The Morgan fingerprint density at radius 3 is 2.56 bits per heavy atom. The molecule has 1 rings (SSSR count). The van der Waals surface area contributed by atoms with Gasteiger partial charge in [0.15, 0.2) is 5.75 Å². The minimum absolute atomic E-state index is 0. The van der Waals surface area contributed by atoms with Crippen molar-refractivity contribution in [3.8, 4) is 5.75 Å². The first-order valence-electron chi connectivity index (χ1n) is 2.17. The standard InChI is InChI=1S/C5H5NO2.W/c7-4-2-1-3-6-5(4)8;/h1-3,7H,(H,6,8);. The fraction of sp³-hybridized carbons (Fsp3) is 0. The summed E-state index contributed by atoms with van der Waals surface area (Å²) < 4.78 is 0. The summed E-state index contributed by atoms with van der Waals surface area (Å²) in [4.78, 5) is 12.6. The van der Waals surface area contributed by atoms with Crippen LogP contribution in [0.4, 0.5) is 0 Å². The maximum absolute atomic E-state index is 10.3. The third-order valence-corrected chi connectivity index (χ3v) is 0.797. The third-order valence-electron chi connectivity index (χ3n) is 0.797. The average molecular weight is 295 g/mol. The normalized spacial score (nSPS) is 8.00. The summed E-state index contributed by atoms with van der Waals surface area (Å²) in [6, 6.07) is 2.88. The van der Waals surface area contributed by atoms with Crippen molar-refractivity contribution in [2.24, 2.45) is 0 Å². The quantitative estimate of drug-likeness (QED) is 0.712. The molecule has 0 aliphatic rings. The molecular formula is C5H5NO2W. The Bertz CT molecular complexity index is 232. The molecule has 0 saturated carbocycles. The van der Waals surface area contributed by atoms with Gasteiger partial charge < -0.3 is 10.1 Å². The van der Waals surface area contributed by atoms with E-state index < -0.39 is 5.56 Å². The third kappa shape index (κ3) is 2.02. The molecule has 0 aromatic carbocycles. The Labute approximate surface area is 66.0 Å². The summed E-state index contributed by atoms with van der Waals surface area (Å²) in [6.45, 7) is 0. The number of nitrogens with one attached hydrogen (secondary N) is 1. The monoisotopic (exact) mass is 295 g/mol. The molecule has 0 spiro atoms. The molecule has 0 unspecified atom stereocenters. The van der Waals surface area contributed by atoms with Gasteiger partial charge in [0.25, 0.3) is 5.56 Å². The van der Waals surface area contributed by atoms with Gasteiger partial charge >= 0.3 is 0 Å². The average Bonchev–Trinajstić information content (AvgIpc) is 1.77. The smallest absolute Gasteiger partial charge is 0.290 e. The van der Waals surface area contributed by atoms with Gasteiger partial charge in [-0.25, -0.2) is 0 Å². The van der Waals surface area contributed by atoms with Gasteiger partial charge in [-0.05, 0) is 12.1 Å². The molecule has 0 saturated heterocycles. The summed E-state index contributed by atoms with van der Waals surface area (Å²) in [6.07, 6.45) is 1.46. The predicted molar refractivity (Wildman–Crippen MR) is 28.7 cm³/mol. The molecule has 1 aromatic rings. The molecule has 9 heavy (non-hydrogen) atoms. The minimum atomic E-state index is -0.451. The van der Waals surface area contributed by atoms with Crippen LogP contribution in [-0.4, -0.2) is 10.1 Å². The second-order valence-corrected chi connectivity index (χ2v) is 1.38. The first-order valence-corrected chi connectivity index (χ1v) is 2.17. The number of pyridine rings is 1. The van der Waals surface area contributed by atoms with E-state index in [2.05, 4.69) is 4.98 Å². The van der Waals surface area contributed by atoms with E-state index in [4.69, 9.17) is 5.11 Å². The molecule has 0 amide bonds. The number of aromatic hydroxyl groups is 1. The van der Waals surface area contributed by atoms with Gasteiger partial charge in [-0.15, -0.1) is 0 Å². The van der Waals surface area contributed by atoms with E-state index in [0.717, 1.165) is 0 Å². The van der Waals surface area contributed by atoms with Crippen LogP contribution in [0.5, 0.6) is 5.75 Å². The van der Waals surface area contributed by atoms with Crippen LogP contribution < -0.4 is 5.56 Å². The zero-order valence-corrected chi connectivity index (χ0v) is 7.43. The fourth-order valence-corrected chi connectivity index (χ4v) is 0.413. The van der Waals surface area contributed by atoms with Gasteiger partial charge in [0.2, 0.25) is 0 Å². The van der Waals surface area contributed by atoms with Crippen LogP contribution in [0.3, 0.4) is 0 Å². The van der Waals surface area contributed by atoms with Crippen molar-refractivity contribution in [1.29, 1.82) is 0 Å². The molecule has 0 aliphatic heterocycles. The van der Waals surface area contributed by atoms with E-state index in [1.807, 2.05) is 0 Å². The maximum Gasteiger partial charge on any atom is 0.290 e. The first-order chi connectivity index (χ1) is 3.80. The molecular weight excluding hydrogens is 290 g/mol. The van der Waals surface area contributed by atoms with E-state index >= 15 is 0 Å². The van der Waals surface area contributed by atoms with E-state index in [-0.39, 0.29) is 26.8 Å². The maximum atomic E-state index is 10.3. The zero-order chi connectivity index (χ0) is 5.98. The SMILES string of the molecule is O=c1[nH]cccc1O.[W]. The topological polar surface area (TPSA) is 53.1 Å². The molecule has 4 heteroatoms. The molecule has 0 bridgehead atoms. The van der Waals surface area contributed by atoms with Crippen LogP contribution in [0.1, 0.15) is 0 Å². The van der Waals surface area contributed by atoms with Crippen molar-refractivity contribution >= 4 is 0 Å². The Morgan fingerprint density at radius 2 is 2.22 bits per heavy atom. The van der Waals surface area contributed by atoms with Crippen molar-refractivity contribution in [3.05, 3.63) is 28.7 Å². The Balaban J connectivity index is 0.000000640. The molecule has 0 fully saturated rings. The van der Waals surface area contributed by atoms with Gasteiger partial charge in [-0.3, -0.25) is 4.79 Å². The number of hydrogen-bond acceptors (Lipinski definition) is 2. The molecule has 0 atom stereocenters. The summed E-state index contributed by atoms with van der Waals surface area (Å²) in [7, 11) is 0. The van der Waals surface area contributed by atoms with Crippen molar-refractivity contribution < 1.29 is 26.2 Å². The van der Waals surface area contributed by atoms with Crippen LogP contribution in [-0.2, 0) is 21.1 Å². The molecule has 1 heterocycles. The van der Waals surface area contributed by atoms with Gasteiger partial charge in [-0.1, -0.05) is 0 Å². The molecule has 2 N–H and O–H groups in total. The van der Waals surface area contributed by atoms with E-state index in [1.165, 1.54) is 12.3 Å². The Kier molecular flexibility index (Phi) is 3.25. The molecule has 0 radical (unpaired) electrons. The van der Waals surface area contributed by atoms with Gasteiger partial charge in [0.05, 0.1) is 0 Å². The predicted octanol–water partition coefficient (Wildman–Crippen LogP) is 0.0780. The number of aromatic nitrogens is 1. The van der Waals surface area contributed by atoms with E-state index in [0.29, 0.717) is 0 Å². The second kappa shape index (κ2) is 3.46. The zero-order valence-electron chi connectivity index (χ0n) is 4.50. The van der Waals surface area contributed by atoms with Gasteiger partial charge in [0.1, 0.15) is 0 Å². The molecule has 3 nitrogen and oxygen atoms in total. The van der Waals surface area contributed by atoms with E-state index in [9.17, 15) is 4.79 Å². The van der Waals surface area contributed by atoms with E-state index in [1.54, 1.807) is 6.07 Å². The van der Waals surface area contributed by atoms with Crippen molar-refractivity contribution in [2.45, 2.75) is 0 Å². The largest absolute Gasteiger partial charge is 0.503 e. The fourth-order valence-electron chi connectivity index (χ4n) is 0.413. The van der Waals surface area contributed by atoms with Crippen LogP contribution >= 0.6 is 0 Å². The minimum Gasteiger partial charge on any atom is -0.503 e. The number of hydrogen-bond donors (Lipinski definition) is 2. The van der Waals surface area contributed by atoms with Crippen molar-refractivity contribution in [2.75, 3.05) is 0 Å². The van der Waals surface area contributed by atoms with Gasteiger partial charge in [0, 0.05) is 27.3 Å². The Morgan fingerprint density at radius 1 is 1.56 bits per heavy atom. The number of rotatable bonds is 0. The Hall–Kier alpha value is -0.562. The second-order valence-electron chi connectivity index (χ2n) is 1.38.